The van der Waals surface area contributed by atoms with E-state index in [1.165, 1.54) is 12.1 Å². The summed E-state index contributed by atoms with van der Waals surface area (Å²) in [5.74, 6) is 0.696. The Hall–Kier alpha value is -1.80. The van der Waals surface area contributed by atoms with Gasteiger partial charge in [0.15, 0.2) is 21.3 Å². The normalized spacial score (nSPS) is 20.5. The van der Waals surface area contributed by atoms with Gasteiger partial charge >= 0.3 is 0 Å². The number of sulfone groups is 1. The molecule has 0 aliphatic carbocycles. The van der Waals surface area contributed by atoms with Crippen LogP contribution in [0.4, 0.5) is 0 Å². The molecule has 0 saturated carbocycles. The molecule has 1 aromatic rings. The van der Waals surface area contributed by atoms with Crippen molar-refractivity contribution in [3.8, 4) is 11.5 Å². The molecule has 144 valence electrons. The van der Waals surface area contributed by atoms with Crippen LogP contribution < -0.4 is 14.8 Å². The lowest BCUT2D eigenvalue weighted by atomic mass is 10.1. The lowest BCUT2D eigenvalue weighted by molar-refractivity contribution is -0.132. The molecule has 0 radical (unpaired) electrons. The number of carbonyl (C=O) groups is 1. The minimum absolute atomic E-state index is 0.00674. The fourth-order valence-corrected chi connectivity index (χ4v) is 4.52. The van der Waals surface area contributed by atoms with E-state index in [9.17, 15) is 13.2 Å². The maximum Gasteiger partial charge on any atom is 0.223 e. The zero-order valence-electron chi connectivity index (χ0n) is 15.1. The van der Waals surface area contributed by atoms with Crippen molar-refractivity contribution in [2.45, 2.75) is 36.6 Å². The van der Waals surface area contributed by atoms with E-state index in [4.69, 9.17) is 9.47 Å². The van der Waals surface area contributed by atoms with E-state index in [2.05, 4.69) is 5.32 Å². The van der Waals surface area contributed by atoms with Crippen LogP contribution in [0.2, 0.25) is 0 Å². The largest absolute Gasteiger partial charge is 0.490 e. The van der Waals surface area contributed by atoms with Crippen molar-refractivity contribution in [2.24, 2.45) is 0 Å². The number of ether oxygens (including phenoxy) is 2. The molecule has 1 aromatic carbocycles. The number of nitrogens with one attached hydrogen (secondary N) is 1. The van der Waals surface area contributed by atoms with Crippen LogP contribution in [0.5, 0.6) is 11.5 Å². The Balaban J connectivity index is 1.63. The summed E-state index contributed by atoms with van der Waals surface area (Å²) in [6.07, 6.45) is 2.73. The highest BCUT2D eigenvalue weighted by Gasteiger charge is 2.25. The van der Waals surface area contributed by atoms with Gasteiger partial charge in [-0.2, -0.15) is 0 Å². The summed E-state index contributed by atoms with van der Waals surface area (Å²) in [7, 11) is -1.68. The van der Waals surface area contributed by atoms with Crippen LogP contribution in [0.1, 0.15) is 25.7 Å². The number of carbonyl (C=O) groups excluding carboxylic acids is 1. The summed E-state index contributed by atoms with van der Waals surface area (Å²) in [5, 5.41) is 3.18. The molecule has 26 heavy (non-hydrogen) atoms. The quantitative estimate of drug-likeness (QED) is 0.824. The first-order valence-electron chi connectivity index (χ1n) is 9.07. The maximum atomic E-state index is 12.6. The molecule has 0 aromatic heterocycles. The highest BCUT2D eigenvalue weighted by Crippen LogP contribution is 2.32. The van der Waals surface area contributed by atoms with Crippen molar-refractivity contribution >= 4 is 15.7 Å². The summed E-state index contributed by atoms with van der Waals surface area (Å²) < 4.78 is 36.3. The molecule has 1 unspecified atom stereocenters. The molecule has 0 spiro atoms. The number of likely N-dealkylation sites (tertiary alicyclic amines) is 1. The second-order valence-corrected chi connectivity index (χ2v) is 8.80. The summed E-state index contributed by atoms with van der Waals surface area (Å²) in [6.45, 7) is 2.38. The van der Waals surface area contributed by atoms with Crippen molar-refractivity contribution in [3.05, 3.63) is 18.2 Å². The van der Waals surface area contributed by atoms with Gasteiger partial charge in [0.05, 0.1) is 23.9 Å². The molecule has 0 bridgehead atoms. The lowest BCUT2D eigenvalue weighted by Gasteiger charge is -2.32. The van der Waals surface area contributed by atoms with E-state index in [0.717, 1.165) is 19.3 Å². The number of piperidine rings is 1. The molecule has 2 aliphatic rings. The van der Waals surface area contributed by atoms with Gasteiger partial charge in [-0.3, -0.25) is 4.79 Å². The highest BCUT2D eigenvalue weighted by atomic mass is 32.2. The Bertz CT molecular complexity index is 750. The van der Waals surface area contributed by atoms with Gasteiger partial charge in [0, 0.05) is 38.0 Å². The number of hydrogen-bond donors (Lipinski definition) is 1. The highest BCUT2D eigenvalue weighted by molar-refractivity contribution is 7.91. The smallest absolute Gasteiger partial charge is 0.223 e. The van der Waals surface area contributed by atoms with Gasteiger partial charge in [-0.05, 0) is 32.0 Å². The van der Waals surface area contributed by atoms with E-state index >= 15 is 0 Å². The number of fused-ring (bicyclic) bond motifs is 1. The Morgan fingerprint density at radius 3 is 2.77 bits per heavy atom. The molecule has 7 nitrogen and oxygen atoms in total. The van der Waals surface area contributed by atoms with Crippen LogP contribution in [0.15, 0.2) is 23.1 Å². The van der Waals surface area contributed by atoms with Gasteiger partial charge < -0.3 is 19.7 Å². The summed E-state index contributed by atoms with van der Waals surface area (Å²) >= 11 is 0. The SMILES string of the molecule is CNC1CCCN(C(=O)CCS(=O)(=O)c2ccc3c(c2)OCCCO3)C1. The molecule has 8 heteroatoms. The zero-order valence-corrected chi connectivity index (χ0v) is 15.9. The maximum absolute atomic E-state index is 12.6. The predicted octanol–water partition coefficient (Wildman–Crippen LogP) is 1.22. The monoisotopic (exact) mass is 382 g/mol. The first-order valence-corrected chi connectivity index (χ1v) is 10.7. The van der Waals surface area contributed by atoms with Crippen LogP contribution in [0.3, 0.4) is 0 Å². The van der Waals surface area contributed by atoms with Gasteiger partial charge in [-0.25, -0.2) is 8.42 Å². The number of rotatable bonds is 5. The molecular weight excluding hydrogens is 356 g/mol. The second-order valence-electron chi connectivity index (χ2n) is 6.70. The number of benzene rings is 1. The molecule has 1 N–H and O–H groups in total. The first kappa shape index (κ1) is 19.0. The first-order chi connectivity index (χ1) is 12.5. The van der Waals surface area contributed by atoms with Crippen LogP contribution >= 0.6 is 0 Å². The summed E-state index contributed by atoms with van der Waals surface area (Å²) in [5.41, 5.74) is 0. The van der Waals surface area contributed by atoms with E-state index in [1.54, 1.807) is 11.0 Å². The van der Waals surface area contributed by atoms with Crippen molar-refractivity contribution in [1.29, 1.82) is 0 Å². The van der Waals surface area contributed by atoms with E-state index in [1.807, 2.05) is 7.05 Å². The van der Waals surface area contributed by atoms with E-state index in [-0.39, 0.29) is 29.0 Å². The molecule has 2 heterocycles. The zero-order chi connectivity index (χ0) is 18.6. The van der Waals surface area contributed by atoms with E-state index in [0.29, 0.717) is 37.8 Å². The van der Waals surface area contributed by atoms with Crippen molar-refractivity contribution in [3.63, 3.8) is 0 Å². The van der Waals surface area contributed by atoms with Crippen LogP contribution in [0.25, 0.3) is 0 Å². The molecule has 1 saturated heterocycles. The molecule has 3 rings (SSSR count). The number of nitrogens with zero attached hydrogens (tertiary/aromatic N) is 1. The molecular formula is C18H26N2O5S. The van der Waals surface area contributed by atoms with Crippen LogP contribution in [-0.2, 0) is 14.6 Å². The second kappa shape index (κ2) is 8.26. The fraction of sp³-hybridized carbons (Fsp3) is 0.611. The van der Waals surface area contributed by atoms with Crippen molar-refractivity contribution in [2.75, 3.05) is 39.1 Å². The van der Waals surface area contributed by atoms with Gasteiger partial charge in [0.25, 0.3) is 0 Å². The van der Waals surface area contributed by atoms with Gasteiger partial charge in [0.1, 0.15) is 0 Å². The molecule has 2 aliphatic heterocycles. The minimum atomic E-state index is -3.56. The number of hydrogen-bond acceptors (Lipinski definition) is 6. The van der Waals surface area contributed by atoms with Gasteiger partial charge in [-0.1, -0.05) is 0 Å². The fourth-order valence-electron chi connectivity index (χ4n) is 3.27. The Morgan fingerprint density at radius 1 is 1.23 bits per heavy atom. The average Bonchev–Trinajstić information content (AvgIpc) is 2.91. The van der Waals surface area contributed by atoms with Gasteiger partial charge in [-0.15, -0.1) is 0 Å². The van der Waals surface area contributed by atoms with Crippen LogP contribution in [-0.4, -0.2) is 64.4 Å². The standard InChI is InChI=1S/C18H26N2O5S/c1-19-14-4-2-8-20(13-14)18(21)7-11-26(22,23)15-5-6-16-17(12-15)25-10-3-9-24-16/h5-6,12,14,19H,2-4,7-11,13H2,1H3. The average molecular weight is 382 g/mol. The van der Waals surface area contributed by atoms with Crippen molar-refractivity contribution < 1.29 is 22.7 Å². The Morgan fingerprint density at radius 2 is 2.00 bits per heavy atom. The lowest BCUT2D eigenvalue weighted by Crippen LogP contribution is -2.47. The summed E-state index contributed by atoms with van der Waals surface area (Å²) in [6, 6.07) is 4.92. The third kappa shape index (κ3) is 4.48. The summed E-state index contributed by atoms with van der Waals surface area (Å²) in [4.78, 5) is 14.3. The number of likely N-dealkylation sites (N-methyl/N-ethyl adjacent to an activating group) is 1. The number of amides is 1. The predicted molar refractivity (Wildman–Crippen MR) is 97.4 cm³/mol. The minimum Gasteiger partial charge on any atom is -0.490 e. The molecule has 1 atom stereocenters. The Labute approximate surface area is 154 Å². The third-order valence-electron chi connectivity index (χ3n) is 4.85. The van der Waals surface area contributed by atoms with Crippen molar-refractivity contribution in [1.82, 2.24) is 10.2 Å². The van der Waals surface area contributed by atoms with Crippen LogP contribution in [0, 0.1) is 0 Å². The topological polar surface area (TPSA) is 84.9 Å². The third-order valence-corrected chi connectivity index (χ3v) is 6.56. The van der Waals surface area contributed by atoms with Gasteiger partial charge in [0.2, 0.25) is 5.91 Å². The molecule has 1 fully saturated rings. The van der Waals surface area contributed by atoms with E-state index < -0.39 is 9.84 Å². The molecule has 1 amide bonds. The Kier molecular flexibility index (Phi) is 6.03.